The average molecular weight is 342 g/mol. The lowest BCUT2D eigenvalue weighted by Gasteiger charge is -2.23. The second-order valence-corrected chi connectivity index (χ2v) is 6.48. The molecule has 0 aliphatic carbocycles. The number of aryl methyl sites for hydroxylation is 1. The quantitative estimate of drug-likeness (QED) is 0.904. The molecule has 1 aromatic heterocycles. The molecule has 1 fully saturated rings. The van der Waals surface area contributed by atoms with Gasteiger partial charge in [-0.05, 0) is 32.4 Å². The lowest BCUT2D eigenvalue weighted by Crippen LogP contribution is -2.34. The van der Waals surface area contributed by atoms with Crippen LogP contribution >= 0.6 is 0 Å². The van der Waals surface area contributed by atoms with E-state index in [0.717, 1.165) is 51.0 Å². The Morgan fingerprint density at radius 3 is 2.88 bits per heavy atom. The Kier molecular flexibility index (Phi) is 6.56. The Bertz CT molecular complexity index is 656. The highest BCUT2D eigenvalue weighted by Crippen LogP contribution is 2.15. The van der Waals surface area contributed by atoms with E-state index in [9.17, 15) is 4.79 Å². The van der Waals surface area contributed by atoms with Crippen LogP contribution in [0.3, 0.4) is 0 Å². The van der Waals surface area contributed by atoms with Gasteiger partial charge in [0.15, 0.2) is 0 Å². The zero-order valence-electron chi connectivity index (χ0n) is 14.6. The Balaban J connectivity index is 1.46. The van der Waals surface area contributed by atoms with Crippen molar-refractivity contribution in [1.29, 1.82) is 0 Å². The molecule has 0 bridgehead atoms. The highest BCUT2D eigenvalue weighted by molar-refractivity contribution is 5.76. The summed E-state index contributed by atoms with van der Waals surface area (Å²) in [5.74, 6) is 1.49. The number of nitrogens with one attached hydrogen (secondary N) is 1. The number of hydrogen-bond acceptors (Lipinski definition) is 5. The first kappa shape index (κ1) is 17.6. The molecule has 0 atom stereocenters. The zero-order chi connectivity index (χ0) is 17.3. The van der Waals surface area contributed by atoms with Crippen LogP contribution in [0.15, 0.2) is 34.9 Å². The molecule has 134 valence electrons. The molecule has 0 saturated carbocycles. The van der Waals surface area contributed by atoms with Crippen molar-refractivity contribution in [3.05, 3.63) is 36.2 Å². The summed E-state index contributed by atoms with van der Waals surface area (Å²) >= 11 is 0. The van der Waals surface area contributed by atoms with Gasteiger partial charge in [0.05, 0.1) is 0 Å². The third-order valence-electron chi connectivity index (χ3n) is 4.49. The molecule has 1 aliphatic heterocycles. The first-order valence-corrected chi connectivity index (χ1v) is 9.18. The molecule has 0 unspecified atom stereocenters. The van der Waals surface area contributed by atoms with Crippen LogP contribution in [-0.2, 0) is 11.2 Å². The monoisotopic (exact) mass is 342 g/mol. The fourth-order valence-corrected chi connectivity index (χ4v) is 3.06. The average Bonchev–Trinajstić information content (AvgIpc) is 3.11. The second-order valence-electron chi connectivity index (χ2n) is 6.48. The van der Waals surface area contributed by atoms with Crippen molar-refractivity contribution in [1.82, 2.24) is 20.4 Å². The molecule has 0 radical (unpaired) electrons. The first-order chi connectivity index (χ1) is 12.3. The predicted octanol–water partition coefficient (Wildman–Crippen LogP) is 2.66. The smallest absolute Gasteiger partial charge is 0.227 e. The van der Waals surface area contributed by atoms with Crippen molar-refractivity contribution in [2.75, 3.05) is 26.2 Å². The topological polar surface area (TPSA) is 71.3 Å². The van der Waals surface area contributed by atoms with Crippen molar-refractivity contribution in [3.63, 3.8) is 0 Å². The number of amides is 1. The minimum Gasteiger partial charge on any atom is -0.356 e. The van der Waals surface area contributed by atoms with Gasteiger partial charge in [-0.1, -0.05) is 41.9 Å². The van der Waals surface area contributed by atoms with Crippen molar-refractivity contribution in [2.45, 2.75) is 38.5 Å². The van der Waals surface area contributed by atoms with E-state index in [1.165, 1.54) is 12.8 Å². The van der Waals surface area contributed by atoms with Crippen LogP contribution in [0.4, 0.5) is 0 Å². The molecule has 3 rings (SSSR count). The van der Waals surface area contributed by atoms with E-state index in [-0.39, 0.29) is 5.91 Å². The minimum atomic E-state index is 0.163. The zero-order valence-corrected chi connectivity index (χ0v) is 14.6. The number of carbonyl (C=O) groups is 1. The molecule has 1 aromatic carbocycles. The van der Waals surface area contributed by atoms with Crippen LogP contribution < -0.4 is 5.32 Å². The fraction of sp³-hybridized carbons (Fsp3) is 0.526. The molecular weight excluding hydrogens is 316 g/mol. The van der Waals surface area contributed by atoms with Crippen molar-refractivity contribution in [3.8, 4) is 11.4 Å². The van der Waals surface area contributed by atoms with Gasteiger partial charge in [-0.25, -0.2) is 0 Å². The van der Waals surface area contributed by atoms with Crippen molar-refractivity contribution in [2.24, 2.45) is 0 Å². The summed E-state index contributed by atoms with van der Waals surface area (Å²) < 4.78 is 5.36. The van der Waals surface area contributed by atoms with E-state index in [2.05, 4.69) is 20.4 Å². The molecule has 0 spiro atoms. The van der Waals surface area contributed by atoms with Crippen LogP contribution in [0.25, 0.3) is 11.4 Å². The number of hydrogen-bond donors (Lipinski definition) is 1. The van der Waals surface area contributed by atoms with E-state index in [1.807, 2.05) is 30.3 Å². The summed E-state index contributed by atoms with van der Waals surface area (Å²) in [7, 11) is 0. The Morgan fingerprint density at radius 1 is 1.12 bits per heavy atom. The lowest BCUT2D eigenvalue weighted by atomic mass is 10.2. The van der Waals surface area contributed by atoms with Crippen molar-refractivity contribution < 1.29 is 9.32 Å². The molecule has 1 amide bonds. The van der Waals surface area contributed by atoms with E-state index < -0.39 is 0 Å². The summed E-state index contributed by atoms with van der Waals surface area (Å²) in [4.78, 5) is 18.6. The van der Waals surface area contributed by atoms with Crippen LogP contribution in [0.5, 0.6) is 0 Å². The summed E-state index contributed by atoms with van der Waals surface area (Å²) in [6, 6.07) is 9.86. The van der Waals surface area contributed by atoms with Crippen LogP contribution in [0.2, 0.25) is 0 Å². The summed E-state index contributed by atoms with van der Waals surface area (Å²) in [5.41, 5.74) is 0.972. The molecule has 6 nitrogen and oxygen atoms in total. The van der Waals surface area contributed by atoms with E-state index >= 15 is 0 Å². The SMILES string of the molecule is O=C1CCN(CCCc2nc(-c3ccccc3)no2)CCCCCN1. The molecule has 1 N–H and O–H groups in total. The standard InChI is InChI=1S/C19H26N4O2/c24-17-11-15-23(13-6-2-5-12-20-17)14-7-10-18-21-19(22-25-18)16-8-3-1-4-9-16/h1,3-4,8-9H,2,5-7,10-15H2,(H,20,24). The van der Waals surface area contributed by atoms with E-state index in [1.54, 1.807) is 0 Å². The summed E-state index contributed by atoms with van der Waals surface area (Å²) in [6.07, 6.45) is 5.73. The van der Waals surface area contributed by atoms with E-state index in [0.29, 0.717) is 18.1 Å². The lowest BCUT2D eigenvalue weighted by molar-refractivity contribution is -0.121. The minimum absolute atomic E-state index is 0.163. The highest BCUT2D eigenvalue weighted by Gasteiger charge is 2.12. The Labute approximate surface area is 148 Å². The largest absolute Gasteiger partial charge is 0.356 e. The van der Waals surface area contributed by atoms with Crippen molar-refractivity contribution >= 4 is 5.91 Å². The summed E-state index contributed by atoms with van der Waals surface area (Å²) in [5, 5.41) is 7.03. The van der Waals surface area contributed by atoms with Gasteiger partial charge >= 0.3 is 0 Å². The third kappa shape index (κ3) is 5.67. The van der Waals surface area contributed by atoms with E-state index in [4.69, 9.17) is 4.52 Å². The number of benzene rings is 1. The highest BCUT2D eigenvalue weighted by atomic mass is 16.5. The van der Waals surface area contributed by atoms with Gasteiger partial charge in [0.2, 0.25) is 17.6 Å². The number of rotatable bonds is 5. The van der Waals surface area contributed by atoms with Gasteiger partial charge in [0, 0.05) is 31.5 Å². The molecule has 2 aromatic rings. The fourth-order valence-electron chi connectivity index (χ4n) is 3.06. The maximum Gasteiger partial charge on any atom is 0.227 e. The maximum atomic E-state index is 11.7. The maximum absolute atomic E-state index is 11.7. The summed E-state index contributed by atoms with van der Waals surface area (Å²) in [6.45, 7) is 3.66. The second kappa shape index (κ2) is 9.32. The first-order valence-electron chi connectivity index (χ1n) is 9.18. The number of aromatic nitrogens is 2. The van der Waals surface area contributed by atoms with Gasteiger partial charge in [0.25, 0.3) is 0 Å². The predicted molar refractivity (Wildman–Crippen MR) is 96.0 cm³/mol. The van der Waals surface area contributed by atoms with Gasteiger partial charge in [-0.2, -0.15) is 4.98 Å². The third-order valence-corrected chi connectivity index (χ3v) is 4.49. The molecule has 1 aliphatic rings. The number of carbonyl (C=O) groups excluding carboxylic acids is 1. The van der Waals surface area contributed by atoms with Gasteiger partial charge < -0.3 is 14.7 Å². The molecular formula is C19H26N4O2. The molecule has 6 heteroatoms. The Hall–Kier alpha value is -2.21. The molecule has 1 saturated heterocycles. The van der Waals surface area contributed by atoms with Gasteiger partial charge in [0.1, 0.15) is 0 Å². The molecule has 25 heavy (non-hydrogen) atoms. The number of nitrogens with zero attached hydrogens (tertiary/aromatic N) is 3. The van der Waals surface area contributed by atoms with Crippen LogP contribution in [0.1, 0.15) is 38.0 Å². The van der Waals surface area contributed by atoms with Gasteiger partial charge in [-0.3, -0.25) is 4.79 Å². The normalized spacial score (nSPS) is 17.2. The Morgan fingerprint density at radius 2 is 2.00 bits per heavy atom. The van der Waals surface area contributed by atoms with Crippen LogP contribution in [-0.4, -0.2) is 47.1 Å². The van der Waals surface area contributed by atoms with Gasteiger partial charge in [-0.15, -0.1) is 0 Å². The molecule has 2 heterocycles. The van der Waals surface area contributed by atoms with Crippen LogP contribution in [0, 0.1) is 0 Å².